The fraction of sp³-hybridized carbons (Fsp3) is 0.350. The fourth-order valence-electron chi connectivity index (χ4n) is 3.06. The Morgan fingerprint density at radius 2 is 2.00 bits per heavy atom. The topological polar surface area (TPSA) is 81.8 Å². The van der Waals surface area contributed by atoms with Crippen molar-refractivity contribution >= 4 is 40.4 Å². The summed E-state index contributed by atoms with van der Waals surface area (Å²) in [5.41, 5.74) is 2.34. The first kappa shape index (κ1) is 20.0. The Hall–Kier alpha value is -2.71. The minimum absolute atomic E-state index is 0.0409. The molecule has 3 amide bonds. The predicted molar refractivity (Wildman–Crippen MR) is 111 cm³/mol. The van der Waals surface area contributed by atoms with Crippen molar-refractivity contribution in [1.29, 1.82) is 0 Å². The van der Waals surface area contributed by atoms with E-state index in [1.165, 1.54) is 11.3 Å². The molecule has 0 saturated carbocycles. The summed E-state index contributed by atoms with van der Waals surface area (Å²) >= 11 is 1.41. The van der Waals surface area contributed by atoms with E-state index in [1.54, 1.807) is 17.0 Å². The molecule has 148 valence electrons. The molecule has 28 heavy (non-hydrogen) atoms. The SMILES string of the molecule is CN(C)CCNC(=O)C(=O)Nc1ccc2c(c1)N(C(=O)c1cccs1)CCC2. The quantitative estimate of drug-likeness (QED) is 0.752. The number of benzene rings is 1. The molecule has 1 aliphatic heterocycles. The van der Waals surface area contributed by atoms with Gasteiger partial charge in [0.1, 0.15) is 0 Å². The number of carbonyl (C=O) groups excluding carboxylic acids is 3. The summed E-state index contributed by atoms with van der Waals surface area (Å²) in [6.45, 7) is 1.68. The van der Waals surface area contributed by atoms with Crippen LogP contribution in [0.4, 0.5) is 11.4 Å². The molecule has 3 rings (SSSR count). The summed E-state index contributed by atoms with van der Waals surface area (Å²) in [6, 6.07) is 9.11. The molecule has 0 unspecified atom stereocenters. The summed E-state index contributed by atoms with van der Waals surface area (Å²) in [5.74, 6) is -1.43. The molecule has 1 aromatic carbocycles. The predicted octanol–water partition coefficient (Wildman–Crippen LogP) is 1.96. The van der Waals surface area contributed by atoms with Crippen molar-refractivity contribution in [2.24, 2.45) is 0 Å². The third-order valence-corrected chi connectivity index (χ3v) is 5.35. The zero-order valence-electron chi connectivity index (χ0n) is 16.0. The molecular formula is C20H24N4O3S. The Labute approximate surface area is 168 Å². The minimum Gasteiger partial charge on any atom is -0.347 e. The van der Waals surface area contributed by atoms with Gasteiger partial charge in [0.05, 0.1) is 4.88 Å². The van der Waals surface area contributed by atoms with Crippen LogP contribution in [0.5, 0.6) is 0 Å². The van der Waals surface area contributed by atoms with E-state index in [1.807, 2.05) is 42.6 Å². The number of thiophene rings is 1. The Bertz CT molecular complexity index is 864. The molecule has 8 heteroatoms. The summed E-state index contributed by atoms with van der Waals surface area (Å²) < 4.78 is 0. The van der Waals surface area contributed by atoms with Crippen LogP contribution in [-0.2, 0) is 16.0 Å². The van der Waals surface area contributed by atoms with Crippen LogP contribution in [0.2, 0.25) is 0 Å². The number of hydrogen-bond acceptors (Lipinski definition) is 5. The van der Waals surface area contributed by atoms with Gasteiger partial charge in [-0.1, -0.05) is 12.1 Å². The number of aryl methyl sites for hydroxylation is 1. The lowest BCUT2D eigenvalue weighted by atomic mass is 10.0. The molecule has 2 aromatic rings. The van der Waals surface area contributed by atoms with Gasteiger partial charge < -0.3 is 20.4 Å². The van der Waals surface area contributed by atoms with Crippen molar-refractivity contribution in [3.05, 3.63) is 46.2 Å². The largest absolute Gasteiger partial charge is 0.347 e. The number of fused-ring (bicyclic) bond motifs is 1. The first-order valence-electron chi connectivity index (χ1n) is 9.18. The van der Waals surface area contributed by atoms with Gasteiger partial charge in [-0.3, -0.25) is 14.4 Å². The monoisotopic (exact) mass is 400 g/mol. The molecule has 0 radical (unpaired) electrons. The average molecular weight is 401 g/mol. The summed E-state index contributed by atoms with van der Waals surface area (Å²) in [7, 11) is 3.78. The van der Waals surface area contributed by atoms with Crippen LogP contribution < -0.4 is 15.5 Å². The van der Waals surface area contributed by atoms with Crippen LogP contribution in [0.25, 0.3) is 0 Å². The minimum atomic E-state index is -0.717. The van der Waals surface area contributed by atoms with E-state index in [0.29, 0.717) is 30.2 Å². The highest BCUT2D eigenvalue weighted by Gasteiger charge is 2.25. The number of carbonyl (C=O) groups is 3. The van der Waals surface area contributed by atoms with Crippen molar-refractivity contribution in [2.45, 2.75) is 12.8 Å². The van der Waals surface area contributed by atoms with Gasteiger partial charge in [0.25, 0.3) is 5.91 Å². The maximum absolute atomic E-state index is 12.8. The van der Waals surface area contributed by atoms with Gasteiger partial charge in [-0.15, -0.1) is 11.3 Å². The van der Waals surface area contributed by atoms with Crippen LogP contribution >= 0.6 is 11.3 Å². The van der Waals surface area contributed by atoms with E-state index in [4.69, 9.17) is 0 Å². The second-order valence-electron chi connectivity index (χ2n) is 6.89. The second-order valence-corrected chi connectivity index (χ2v) is 7.84. The number of hydrogen-bond donors (Lipinski definition) is 2. The molecule has 7 nitrogen and oxygen atoms in total. The highest BCUT2D eigenvalue weighted by molar-refractivity contribution is 7.12. The van der Waals surface area contributed by atoms with Crippen molar-refractivity contribution in [3.8, 4) is 0 Å². The molecule has 0 atom stereocenters. The van der Waals surface area contributed by atoms with Crippen molar-refractivity contribution in [3.63, 3.8) is 0 Å². The Morgan fingerprint density at radius 1 is 1.18 bits per heavy atom. The van der Waals surface area contributed by atoms with Gasteiger partial charge in [0.15, 0.2) is 0 Å². The van der Waals surface area contributed by atoms with Crippen LogP contribution in [0.1, 0.15) is 21.7 Å². The van der Waals surface area contributed by atoms with E-state index in [-0.39, 0.29) is 5.91 Å². The van der Waals surface area contributed by atoms with E-state index < -0.39 is 11.8 Å². The smallest absolute Gasteiger partial charge is 0.313 e. The highest BCUT2D eigenvalue weighted by Crippen LogP contribution is 2.31. The van der Waals surface area contributed by atoms with Gasteiger partial charge in [0, 0.05) is 31.0 Å². The van der Waals surface area contributed by atoms with Crippen LogP contribution in [0, 0.1) is 0 Å². The van der Waals surface area contributed by atoms with Gasteiger partial charge in [-0.05, 0) is 56.1 Å². The number of likely N-dealkylation sites (N-methyl/N-ethyl adjacent to an activating group) is 1. The molecule has 0 bridgehead atoms. The molecule has 0 saturated heterocycles. The van der Waals surface area contributed by atoms with Gasteiger partial charge in [-0.2, -0.15) is 0 Å². The Balaban J connectivity index is 1.71. The number of nitrogens with zero attached hydrogens (tertiary/aromatic N) is 2. The Kier molecular flexibility index (Phi) is 6.43. The van der Waals surface area contributed by atoms with E-state index in [2.05, 4.69) is 10.6 Å². The maximum atomic E-state index is 12.8. The third-order valence-electron chi connectivity index (χ3n) is 4.49. The van der Waals surface area contributed by atoms with Crippen LogP contribution in [0.3, 0.4) is 0 Å². The maximum Gasteiger partial charge on any atom is 0.313 e. The summed E-state index contributed by atoms with van der Waals surface area (Å²) in [4.78, 5) is 41.3. The van der Waals surface area contributed by atoms with Crippen LogP contribution in [-0.4, -0.2) is 56.4 Å². The van der Waals surface area contributed by atoms with E-state index in [9.17, 15) is 14.4 Å². The highest BCUT2D eigenvalue weighted by atomic mass is 32.1. The first-order valence-corrected chi connectivity index (χ1v) is 10.1. The molecule has 0 aliphatic carbocycles. The lowest BCUT2D eigenvalue weighted by Gasteiger charge is -2.29. The molecule has 2 heterocycles. The van der Waals surface area contributed by atoms with Crippen molar-refractivity contribution in [2.75, 3.05) is 43.9 Å². The number of rotatable bonds is 5. The summed E-state index contributed by atoms with van der Waals surface area (Å²) in [6.07, 6.45) is 1.77. The standard InChI is InChI=1S/C20H24N4O3S/c1-23(2)11-9-21-18(25)19(26)22-15-8-7-14-5-3-10-24(16(14)13-15)20(27)17-6-4-12-28-17/h4,6-8,12-13H,3,5,9-11H2,1-2H3,(H,21,25)(H,22,26). The summed E-state index contributed by atoms with van der Waals surface area (Å²) in [5, 5.41) is 7.09. The van der Waals surface area contributed by atoms with Crippen LogP contribution in [0.15, 0.2) is 35.7 Å². The lowest BCUT2D eigenvalue weighted by Crippen LogP contribution is -2.39. The zero-order chi connectivity index (χ0) is 20.1. The first-order chi connectivity index (χ1) is 13.5. The van der Waals surface area contributed by atoms with Gasteiger partial charge in [0.2, 0.25) is 0 Å². The number of anilines is 2. The molecule has 0 spiro atoms. The second kappa shape index (κ2) is 8.99. The number of nitrogens with one attached hydrogen (secondary N) is 2. The normalized spacial score (nSPS) is 13.2. The average Bonchev–Trinajstić information content (AvgIpc) is 3.21. The van der Waals surface area contributed by atoms with E-state index in [0.717, 1.165) is 24.1 Å². The zero-order valence-corrected chi connectivity index (χ0v) is 16.8. The van der Waals surface area contributed by atoms with Gasteiger partial charge in [-0.25, -0.2) is 0 Å². The van der Waals surface area contributed by atoms with E-state index >= 15 is 0 Å². The fourth-order valence-corrected chi connectivity index (χ4v) is 3.73. The lowest BCUT2D eigenvalue weighted by molar-refractivity contribution is -0.136. The molecule has 1 aromatic heterocycles. The molecule has 0 fully saturated rings. The molecule has 2 N–H and O–H groups in total. The Morgan fingerprint density at radius 3 is 2.71 bits per heavy atom. The number of amides is 3. The van der Waals surface area contributed by atoms with Crippen molar-refractivity contribution < 1.29 is 14.4 Å². The van der Waals surface area contributed by atoms with Gasteiger partial charge >= 0.3 is 11.8 Å². The molecule has 1 aliphatic rings. The third kappa shape index (κ3) is 4.76. The molecular weight excluding hydrogens is 376 g/mol. The van der Waals surface area contributed by atoms with Crippen molar-refractivity contribution in [1.82, 2.24) is 10.2 Å².